The third kappa shape index (κ3) is 2.84. The van der Waals surface area contributed by atoms with Crippen LogP contribution in [0.15, 0.2) is 24.8 Å². The quantitative estimate of drug-likeness (QED) is 0.790. The van der Waals surface area contributed by atoms with Crippen molar-refractivity contribution < 1.29 is 4.74 Å². The van der Waals surface area contributed by atoms with Gasteiger partial charge in [0.1, 0.15) is 0 Å². The molecule has 2 heterocycles. The maximum atomic E-state index is 5.01. The van der Waals surface area contributed by atoms with Gasteiger partial charge in [-0.1, -0.05) is 0 Å². The van der Waals surface area contributed by atoms with Crippen LogP contribution in [0.4, 0.5) is 5.95 Å². The minimum Gasteiger partial charge on any atom is -0.383 e. The van der Waals surface area contributed by atoms with Gasteiger partial charge in [-0.15, -0.1) is 0 Å². The van der Waals surface area contributed by atoms with Crippen molar-refractivity contribution >= 4 is 5.95 Å². The zero-order chi connectivity index (χ0) is 13.0. The molecule has 0 aliphatic rings. The fourth-order valence-corrected chi connectivity index (χ4v) is 1.52. The molecule has 0 saturated heterocycles. The molecule has 6 heteroatoms. The van der Waals surface area contributed by atoms with Gasteiger partial charge >= 0.3 is 0 Å². The van der Waals surface area contributed by atoms with Gasteiger partial charge < -0.3 is 9.64 Å². The molecule has 0 atom stereocenters. The first-order chi connectivity index (χ1) is 8.70. The number of methoxy groups -OCH3 is 1. The van der Waals surface area contributed by atoms with Gasteiger partial charge in [-0.25, -0.2) is 9.97 Å². The predicted molar refractivity (Wildman–Crippen MR) is 69.5 cm³/mol. The Bertz CT molecular complexity index is 491. The van der Waals surface area contributed by atoms with E-state index in [0.717, 1.165) is 17.7 Å². The van der Waals surface area contributed by atoms with Crippen LogP contribution in [0.2, 0.25) is 0 Å². The van der Waals surface area contributed by atoms with Crippen molar-refractivity contribution in [2.45, 2.75) is 6.54 Å². The van der Waals surface area contributed by atoms with Gasteiger partial charge in [-0.05, 0) is 0 Å². The number of anilines is 1. The van der Waals surface area contributed by atoms with Gasteiger partial charge in [-0.2, -0.15) is 5.10 Å². The van der Waals surface area contributed by atoms with Gasteiger partial charge in [0, 0.05) is 50.9 Å². The first kappa shape index (κ1) is 12.5. The lowest BCUT2D eigenvalue weighted by atomic mass is 10.2. The maximum absolute atomic E-state index is 5.01. The average molecular weight is 247 g/mol. The van der Waals surface area contributed by atoms with E-state index < -0.39 is 0 Å². The minimum absolute atomic E-state index is 0.650. The van der Waals surface area contributed by atoms with Crippen molar-refractivity contribution in [1.82, 2.24) is 19.7 Å². The zero-order valence-electron chi connectivity index (χ0n) is 10.9. The first-order valence-corrected chi connectivity index (χ1v) is 5.72. The van der Waals surface area contributed by atoms with Gasteiger partial charge in [-0.3, -0.25) is 4.68 Å². The van der Waals surface area contributed by atoms with E-state index in [9.17, 15) is 0 Å². The summed E-state index contributed by atoms with van der Waals surface area (Å²) >= 11 is 0. The van der Waals surface area contributed by atoms with Crippen LogP contribution in [-0.4, -0.2) is 47.6 Å². The molecule has 0 unspecified atom stereocenters. The largest absolute Gasteiger partial charge is 0.383 e. The molecule has 96 valence electrons. The fourth-order valence-electron chi connectivity index (χ4n) is 1.52. The Balaban J connectivity index is 2.13. The third-order valence-corrected chi connectivity index (χ3v) is 2.53. The Morgan fingerprint density at radius 2 is 1.89 bits per heavy atom. The molecule has 0 aliphatic carbocycles. The lowest BCUT2D eigenvalue weighted by Gasteiger charge is -2.08. The standard InChI is InChI=1S/C12H17N5O/c1-16(2)12-13-6-10(7-14-12)11-8-15-17(9-11)4-5-18-3/h6-9H,4-5H2,1-3H3. The normalized spacial score (nSPS) is 10.6. The number of aromatic nitrogens is 4. The Morgan fingerprint density at radius 3 is 2.50 bits per heavy atom. The van der Waals surface area contributed by atoms with Crippen molar-refractivity contribution in [2.24, 2.45) is 0 Å². The van der Waals surface area contributed by atoms with E-state index >= 15 is 0 Å². The van der Waals surface area contributed by atoms with Crippen molar-refractivity contribution in [1.29, 1.82) is 0 Å². The Hall–Kier alpha value is -1.95. The molecule has 0 saturated carbocycles. The van der Waals surface area contributed by atoms with E-state index in [4.69, 9.17) is 4.74 Å². The molecular weight excluding hydrogens is 230 g/mol. The van der Waals surface area contributed by atoms with E-state index in [-0.39, 0.29) is 0 Å². The highest BCUT2D eigenvalue weighted by Gasteiger charge is 2.04. The SMILES string of the molecule is COCCn1cc(-c2cnc(N(C)C)nc2)cn1. The monoisotopic (exact) mass is 247 g/mol. The molecule has 18 heavy (non-hydrogen) atoms. The summed E-state index contributed by atoms with van der Waals surface area (Å²) in [6.07, 6.45) is 7.39. The van der Waals surface area contributed by atoms with Gasteiger partial charge in [0.2, 0.25) is 5.95 Å². The molecule has 0 radical (unpaired) electrons. The average Bonchev–Trinajstić information content (AvgIpc) is 2.85. The van der Waals surface area contributed by atoms with Crippen LogP contribution in [0.25, 0.3) is 11.1 Å². The number of nitrogens with zero attached hydrogens (tertiary/aromatic N) is 5. The summed E-state index contributed by atoms with van der Waals surface area (Å²) < 4.78 is 6.86. The van der Waals surface area contributed by atoms with E-state index in [1.807, 2.05) is 36.1 Å². The molecule has 0 N–H and O–H groups in total. The van der Waals surface area contributed by atoms with Crippen LogP contribution in [0.5, 0.6) is 0 Å². The number of rotatable bonds is 5. The predicted octanol–water partition coefficient (Wildman–Crippen LogP) is 1.05. The molecule has 0 amide bonds. The van der Waals surface area contributed by atoms with Crippen LogP contribution in [0, 0.1) is 0 Å². The van der Waals surface area contributed by atoms with Crippen LogP contribution >= 0.6 is 0 Å². The Kier molecular flexibility index (Phi) is 3.88. The van der Waals surface area contributed by atoms with Crippen molar-refractivity contribution in [2.75, 3.05) is 32.7 Å². The number of hydrogen-bond donors (Lipinski definition) is 0. The molecule has 2 aromatic rings. The molecule has 0 aliphatic heterocycles. The van der Waals surface area contributed by atoms with Crippen LogP contribution in [0.1, 0.15) is 0 Å². The summed E-state index contributed by atoms with van der Waals surface area (Å²) in [5, 5.41) is 4.26. The van der Waals surface area contributed by atoms with E-state index in [1.165, 1.54) is 0 Å². The van der Waals surface area contributed by atoms with Crippen LogP contribution < -0.4 is 4.90 Å². The second-order valence-corrected chi connectivity index (χ2v) is 4.15. The highest BCUT2D eigenvalue weighted by molar-refractivity contribution is 5.60. The summed E-state index contributed by atoms with van der Waals surface area (Å²) in [4.78, 5) is 10.4. The highest BCUT2D eigenvalue weighted by atomic mass is 16.5. The zero-order valence-corrected chi connectivity index (χ0v) is 10.9. The van der Waals surface area contributed by atoms with E-state index in [2.05, 4.69) is 15.1 Å². The highest BCUT2D eigenvalue weighted by Crippen LogP contribution is 2.17. The second-order valence-electron chi connectivity index (χ2n) is 4.15. The number of ether oxygens (including phenoxy) is 1. The minimum atomic E-state index is 0.650. The Morgan fingerprint density at radius 1 is 1.17 bits per heavy atom. The summed E-state index contributed by atoms with van der Waals surface area (Å²) in [6.45, 7) is 1.39. The van der Waals surface area contributed by atoms with Gasteiger partial charge in [0.05, 0.1) is 19.3 Å². The van der Waals surface area contributed by atoms with Crippen LogP contribution in [0.3, 0.4) is 0 Å². The molecule has 0 spiro atoms. The molecule has 2 aromatic heterocycles. The summed E-state index contributed by atoms with van der Waals surface area (Å²) in [5.41, 5.74) is 1.97. The summed E-state index contributed by atoms with van der Waals surface area (Å²) in [5.74, 6) is 0.700. The Labute approximate surface area is 106 Å². The third-order valence-electron chi connectivity index (χ3n) is 2.53. The lowest BCUT2D eigenvalue weighted by molar-refractivity contribution is 0.183. The molecule has 0 fully saturated rings. The smallest absolute Gasteiger partial charge is 0.224 e. The van der Waals surface area contributed by atoms with Crippen molar-refractivity contribution in [3.05, 3.63) is 24.8 Å². The molecule has 0 aromatic carbocycles. The van der Waals surface area contributed by atoms with E-state index in [0.29, 0.717) is 12.6 Å². The lowest BCUT2D eigenvalue weighted by Crippen LogP contribution is -2.12. The molecular formula is C12H17N5O. The summed E-state index contributed by atoms with van der Waals surface area (Å²) in [6, 6.07) is 0. The first-order valence-electron chi connectivity index (χ1n) is 5.72. The molecule has 6 nitrogen and oxygen atoms in total. The maximum Gasteiger partial charge on any atom is 0.224 e. The van der Waals surface area contributed by atoms with E-state index in [1.54, 1.807) is 19.5 Å². The van der Waals surface area contributed by atoms with Crippen LogP contribution in [-0.2, 0) is 11.3 Å². The topological polar surface area (TPSA) is 56.1 Å². The molecule has 0 bridgehead atoms. The van der Waals surface area contributed by atoms with Gasteiger partial charge in [0.15, 0.2) is 0 Å². The van der Waals surface area contributed by atoms with Crippen molar-refractivity contribution in [3.8, 4) is 11.1 Å². The molecule has 2 rings (SSSR count). The summed E-state index contributed by atoms with van der Waals surface area (Å²) in [7, 11) is 5.51. The van der Waals surface area contributed by atoms with Gasteiger partial charge in [0.25, 0.3) is 0 Å². The fraction of sp³-hybridized carbons (Fsp3) is 0.417. The van der Waals surface area contributed by atoms with Crippen molar-refractivity contribution in [3.63, 3.8) is 0 Å². The second kappa shape index (κ2) is 5.59. The number of hydrogen-bond acceptors (Lipinski definition) is 5.